The summed E-state index contributed by atoms with van der Waals surface area (Å²) in [6.07, 6.45) is -0.595. The molecule has 1 rings (SSSR count). The van der Waals surface area contributed by atoms with Crippen molar-refractivity contribution in [1.82, 2.24) is 0 Å². The average Bonchev–Trinajstić information content (AvgIpc) is 2.23. The Balaban J connectivity index is 2.79. The number of esters is 1. The first-order valence-corrected chi connectivity index (χ1v) is 3.78. The molecule has 0 saturated carbocycles. The van der Waals surface area contributed by atoms with Gasteiger partial charge in [-0.25, -0.2) is 9.79 Å². The molecule has 1 heterocycles. The molecule has 0 aliphatic carbocycles. The maximum atomic E-state index is 11.2. The van der Waals surface area contributed by atoms with E-state index >= 15 is 0 Å². The monoisotopic (exact) mass is 171 g/mol. The molecule has 0 N–H and O–H groups in total. The van der Waals surface area contributed by atoms with Gasteiger partial charge in [-0.2, -0.15) is 0 Å². The van der Waals surface area contributed by atoms with Crippen LogP contribution in [0, 0.1) is 0 Å². The number of methoxy groups -OCH3 is 1. The predicted octanol–water partition coefficient (Wildman–Crippen LogP) is 0.755. The summed E-state index contributed by atoms with van der Waals surface area (Å²) in [5.41, 5.74) is -0.503. The molecule has 0 unspecified atom stereocenters. The van der Waals surface area contributed by atoms with Gasteiger partial charge in [0, 0.05) is 6.92 Å². The number of carbonyl (C=O) groups excluding carboxylic acids is 1. The van der Waals surface area contributed by atoms with Gasteiger partial charge in [0.25, 0.3) is 0 Å². The number of nitrogens with zero attached hydrogens (tertiary/aromatic N) is 1. The van der Waals surface area contributed by atoms with Gasteiger partial charge in [-0.15, -0.1) is 0 Å². The fourth-order valence-electron chi connectivity index (χ4n) is 1.25. The van der Waals surface area contributed by atoms with Crippen LogP contribution in [0.4, 0.5) is 0 Å². The highest BCUT2D eigenvalue weighted by atomic mass is 16.6. The van der Waals surface area contributed by atoms with E-state index in [-0.39, 0.29) is 5.97 Å². The molecule has 1 aliphatic rings. The molecule has 0 spiro atoms. The minimum absolute atomic E-state index is 0.374. The summed E-state index contributed by atoms with van der Waals surface area (Å²) < 4.78 is 9.79. The number of rotatable bonds is 1. The Morgan fingerprint density at radius 3 is 2.58 bits per heavy atom. The van der Waals surface area contributed by atoms with Gasteiger partial charge in [0.2, 0.25) is 6.10 Å². The van der Waals surface area contributed by atoms with E-state index in [4.69, 9.17) is 4.74 Å². The van der Waals surface area contributed by atoms with Gasteiger partial charge in [0.1, 0.15) is 5.54 Å². The Hall–Kier alpha value is -1.06. The van der Waals surface area contributed by atoms with Crippen LogP contribution >= 0.6 is 0 Å². The van der Waals surface area contributed by atoms with Crippen LogP contribution in [0.15, 0.2) is 4.99 Å². The lowest BCUT2D eigenvalue weighted by Crippen LogP contribution is -2.39. The zero-order valence-corrected chi connectivity index (χ0v) is 7.75. The van der Waals surface area contributed by atoms with E-state index in [1.165, 1.54) is 7.11 Å². The fourth-order valence-corrected chi connectivity index (χ4v) is 1.25. The molecule has 0 aromatic carbocycles. The number of ether oxygens (including phenoxy) is 2. The normalized spacial score (nSPS) is 26.0. The van der Waals surface area contributed by atoms with Crippen molar-refractivity contribution in [2.75, 3.05) is 7.11 Å². The van der Waals surface area contributed by atoms with E-state index in [2.05, 4.69) is 9.73 Å². The number of carbonyl (C=O) groups is 1. The topological polar surface area (TPSA) is 47.9 Å². The van der Waals surface area contributed by atoms with E-state index < -0.39 is 11.6 Å². The highest BCUT2D eigenvalue weighted by molar-refractivity contribution is 5.85. The molecule has 4 heteroatoms. The summed E-state index contributed by atoms with van der Waals surface area (Å²) >= 11 is 0. The molecule has 4 nitrogen and oxygen atoms in total. The second-order valence-electron chi connectivity index (χ2n) is 3.31. The standard InChI is InChI=1S/C8H13NO3/c1-5-9-8(2,3)6(12-5)7(10)11-4/h6H,1-4H3/t6-/m0/s1. The van der Waals surface area contributed by atoms with Crippen LogP contribution in [0.5, 0.6) is 0 Å². The summed E-state index contributed by atoms with van der Waals surface area (Å²) in [6.45, 7) is 5.40. The second kappa shape index (κ2) is 2.77. The Morgan fingerprint density at radius 2 is 2.25 bits per heavy atom. The lowest BCUT2D eigenvalue weighted by molar-refractivity contribution is -0.150. The molecule has 12 heavy (non-hydrogen) atoms. The van der Waals surface area contributed by atoms with Crippen LogP contribution in [-0.2, 0) is 14.3 Å². The summed E-state index contributed by atoms with van der Waals surface area (Å²) in [5.74, 6) is 0.163. The van der Waals surface area contributed by atoms with Gasteiger partial charge in [-0.1, -0.05) is 0 Å². The summed E-state index contributed by atoms with van der Waals surface area (Å²) in [5, 5.41) is 0. The van der Waals surface area contributed by atoms with Crippen LogP contribution in [0.25, 0.3) is 0 Å². The second-order valence-corrected chi connectivity index (χ2v) is 3.31. The molecule has 0 amide bonds. The number of hydrogen-bond acceptors (Lipinski definition) is 4. The zero-order chi connectivity index (χ0) is 9.35. The van der Waals surface area contributed by atoms with Gasteiger partial charge in [0.05, 0.1) is 7.11 Å². The first-order chi connectivity index (χ1) is 5.47. The Morgan fingerprint density at radius 1 is 1.67 bits per heavy atom. The van der Waals surface area contributed by atoms with Gasteiger partial charge in [0.15, 0.2) is 5.90 Å². The van der Waals surface area contributed by atoms with Crippen LogP contribution in [0.1, 0.15) is 20.8 Å². The van der Waals surface area contributed by atoms with Crippen molar-refractivity contribution >= 4 is 11.9 Å². The Labute approximate surface area is 71.6 Å². The van der Waals surface area contributed by atoms with Crippen LogP contribution in [0.2, 0.25) is 0 Å². The van der Waals surface area contributed by atoms with Crippen molar-refractivity contribution in [3.63, 3.8) is 0 Å². The quantitative estimate of drug-likeness (QED) is 0.547. The van der Waals surface area contributed by atoms with Crippen LogP contribution in [0.3, 0.4) is 0 Å². The molecule has 0 aromatic rings. The average molecular weight is 171 g/mol. The molecular weight excluding hydrogens is 158 g/mol. The third-order valence-electron chi connectivity index (χ3n) is 1.79. The molecule has 0 saturated heterocycles. The van der Waals surface area contributed by atoms with Crippen molar-refractivity contribution in [1.29, 1.82) is 0 Å². The number of hydrogen-bond donors (Lipinski definition) is 0. The van der Waals surface area contributed by atoms with Crippen molar-refractivity contribution in [2.24, 2.45) is 4.99 Å². The predicted molar refractivity (Wildman–Crippen MR) is 44.1 cm³/mol. The summed E-state index contributed by atoms with van der Waals surface area (Å²) in [6, 6.07) is 0. The minimum Gasteiger partial charge on any atom is -0.466 e. The Bertz CT molecular complexity index is 232. The smallest absolute Gasteiger partial charge is 0.349 e. The van der Waals surface area contributed by atoms with Crippen molar-refractivity contribution in [2.45, 2.75) is 32.4 Å². The first kappa shape index (κ1) is 9.03. The summed E-state index contributed by atoms with van der Waals surface area (Å²) in [7, 11) is 1.34. The molecule has 0 aromatic heterocycles. The maximum absolute atomic E-state index is 11.2. The molecule has 0 bridgehead atoms. The van der Waals surface area contributed by atoms with E-state index in [0.717, 1.165) is 0 Å². The summed E-state index contributed by atoms with van der Waals surface area (Å²) in [4.78, 5) is 15.3. The highest BCUT2D eigenvalue weighted by Crippen LogP contribution is 2.25. The van der Waals surface area contributed by atoms with Gasteiger partial charge in [-0.3, -0.25) is 0 Å². The van der Waals surface area contributed by atoms with E-state index in [9.17, 15) is 4.79 Å². The lowest BCUT2D eigenvalue weighted by atomic mass is 9.99. The van der Waals surface area contributed by atoms with Gasteiger partial charge >= 0.3 is 5.97 Å². The molecule has 1 aliphatic heterocycles. The zero-order valence-electron chi connectivity index (χ0n) is 7.75. The molecule has 68 valence electrons. The van der Waals surface area contributed by atoms with Gasteiger partial charge < -0.3 is 9.47 Å². The largest absolute Gasteiger partial charge is 0.466 e. The fraction of sp³-hybridized carbons (Fsp3) is 0.750. The van der Waals surface area contributed by atoms with Gasteiger partial charge in [-0.05, 0) is 13.8 Å². The van der Waals surface area contributed by atoms with E-state index in [1.807, 2.05) is 13.8 Å². The van der Waals surface area contributed by atoms with E-state index in [0.29, 0.717) is 5.90 Å². The van der Waals surface area contributed by atoms with Crippen LogP contribution in [-0.4, -0.2) is 30.6 Å². The number of aliphatic imine (C=N–C) groups is 1. The minimum atomic E-state index is -0.595. The maximum Gasteiger partial charge on any atom is 0.349 e. The van der Waals surface area contributed by atoms with Crippen molar-refractivity contribution in [3.8, 4) is 0 Å². The molecule has 1 atom stereocenters. The third kappa shape index (κ3) is 1.42. The highest BCUT2D eigenvalue weighted by Gasteiger charge is 2.42. The molecule has 0 fully saturated rings. The van der Waals surface area contributed by atoms with Crippen molar-refractivity contribution in [3.05, 3.63) is 0 Å². The van der Waals surface area contributed by atoms with Crippen molar-refractivity contribution < 1.29 is 14.3 Å². The molecular formula is C8H13NO3. The third-order valence-corrected chi connectivity index (χ3v) is 1.79. The SMILES string of the molecule is COC(=O)[C@@H]1OC(C)=NC1(C)C. The molecule has 0 radical (unpaired) electrons. The lowest BCUT2D eigenvalue weighted by Gasteiger charge is -2.20. The van der Waals surface area contributed by atoms with Crippen LogP contribution < -0.4 is 0 Å². The Kier molecular flexibility index (Phi) is 2.08. The van der Waals surface area contributed by atoms with E-state index in [1.54, 1.807) is 6.92 Å². The first-order valence-electron chi connectivity index (χ1n) is 3.78.